The van der Waals surface area contributed by atoms with Crippen LogP contribution in [0.4, 0.5) is 0 Å². The van der Waals surface area contributed by atoms with E-state index in [1.54, 1.807) is 12.1 Å². The summed E-state index contributed by atoms with van der Waals surface area (Å²) >= 11 is 0. The Balaban J connectivity index is 1.70. The normalized spacial score (nSPS) is 14.6. The molecule has 1 aromatic carbocycles. The summed E-state index contributed by atoms with van der Waals surface area (Å²) in [7, 11) is 0. The molecule has 1 aliphatic rings. The Hall–Kier alpha value is -1.82. The summed E-state index contributed by atoms with van der Waals surface area (Å²) in [6, 6.07) is 9.24. The van der Waals surface area contributed by atoms with E-state index >= 15 is 0 Å². The Labute approximate surface area is 108 Å². The minimum absolute atomic E-state index is 0.0685. The second kappa shape index (κ2) is 6.20. The van der Waals surface area contributed by atoms with Crippen LogP contribution < -0.4 is 5.32 Å². The third kappa shape index (κ3) is 3.59. The summed E-state index contributed by atoms with van der Waals surface area (Å²) in [5, 5.41) is 11.6. The number of nitrogens with zero attached hydrogens (tertiary/aromatic N) is 1. The molecule has 0 radical (unpaired) electrons. The number of hydrogen-bond acceptors (Lipinski definition) is 2. The lowest BCUT2D eigenvalue weighted by Crippen LogP contribution is -2.28. The maximum Gasteiger partial charge on any atom is 0.224 e. The fourth-order valence-electron chi connectivity index (χ4n) is 2.14. The molecule has 2 rings (SSSR count). The van der Waals surface area contributed by atoms with E-state index in [1.807, 2.05) is 12.1 Å². The molecule has 1 fully saturated rings. The van der Waals surface area contributed by atoms with E-state index in [0.717, 1.165) is 24.4 Å². The van der Waals surface area contributed by atoms with Gasteiger partial charge in [0.25, 0.3) is 0 Å². The molecule has 0 atom stereocenters. The molecular weight excluding hydrogens is 224 g/mol. The average Bonchev–Trinajstić information content (AvgIpc) is 2.33. The van der Waals surface area contributed by atoms with Gasteiger partial charge in [-0.25, -0.2) is 0 Å². The van der Waals surface area contributed by atoms with Crippen LogP contribution in [0.5, 0.6) is 0 Å². The molecule has 0 aromatic heterocycles. The molecule has 94 valence electrons. The van der Waals surface area contributed by atoms with Crippen LogP contribution >= 0.6 is 0 Å². The number of nitrogens with one attached hydrogen (secondary N) is 1. The third-order valence-corrected chi connectivity index (χ3v) is 3.55. The van der Waals surface area contributed by atoms with Gasteiger partial charge in [0, 0.05) is 6.54 Å². The average molecular weight is 242 g/mol. The van der Waals surface area contributed by atoms with Crippen LogP contribution in [0.3, 0.4) is 0 Å². The first-order chi connectivity index (χ1) is 8.78. The van der Waals surface area contributed by atoms with Gasteiger partial charge in [0.1, 0.15) is 0 Å². The van der Waals surface area contributed by atoms with Crippen molar-refractivity contribution >= 4 is 5.91 Å². The Morgan fingerprint density at radius 3 is 2.61 bits per heavy atom. The molecule has 18 heavy (non-hydrogen) atoms. The zero-order valence-corrected chi connectivity index (χ0v) is 10.5. The topological polar surface area (TPSA) is 52.9 Å². The Kier molecular flexibility index (Phi) is 4.35. The van der Waals surface area contributed by atoms with Gasteiger partial charge in [0.15, 0.2) is 0 Å². The van der Waals surface area contributed by atoms with Crippen molar-refractivity contribution in [3.8, 4) is 6.07 Å². The monoisotopic (exact) mass is 242 g/mol. The summed E-state index contributed by atoms with van der Waals surface area (Å²) in [5.74, 6) is 0.902. The quantitative estimate of drug-likeness (QED) is 0.862. The van der Waals surface area contributed by atoms with E-state index in [2.05, 4.69) is 11.4 Å². The predicted octanol–water partition coefficient (Wildman–Crippen LogP) is 2.41. The number of hydrogen-bond donors (Lipinski definition) is 1. The molecule has 0 spiro atoms. The maximum absolute atomic E-state index is 11.7. The minimum Gasteiger partial charge on any atom is -0.356 e. The summed E-state index contributed by atoms with van der Waals surface area (Å²) in [4.78, 5) is 11.7. The van der Waals surface area contributed by atoms with Crippen LogP contribution in [0.25, 0.3) is 0 Å². The van der Waals surface area contributed by atoms with Crippen molar-refractivity contribution in [3.63, 3.8) is 0 Å². The number of rotatable bonds is 5. The molecule has 1 aliphatic carbocycles. The Bertz CT molecular complexity index is 441. The van der Waals surface area contributed by atoms with Crippen LogP contribution in [0, 0.1) is 17.2 Å². The van der Waals surface area contributed by atoms with E-state index in [9.17, 15) is 4.79 Å². The molecule has 0 aliphatic heterocycles. The molecule has 3 nitrogen and oxygen atoms in total. The van der Waals surface area contributed by atoms with Crippen LogP contribution in [-0.2, 0) is 11.2 Å². The Morgan fingerprint density at radius 2 is 2.06 bits per heavy atom. The second-order valence-corrected chi connectivity index (χ2v) is 4.92. The predicted molar refractivity (Wildman–Crippen MR) is 69.8 cm³/mol. The van der Waals surface area contributed by atoms with Crippen molar-refractivity contribution in [1.29, 1.82) is 5.26 Å². The minimum atomic E-state index is 0.0685. The Morgan fingerprint density at radius 1 is 1.33 bits per heavy atom. The highest BCUT2D eigenvalue weighted by Crippen LogP contribution is 2.28. The fraction of sp³-hybridized carbons (Fsp3) is 0.467. The molecule has 0 saturated heterocycles. The zero-order valence-electron chi connectivity index (χ0n) is 10.5. The summed E-state index contributed by atoms with van der Waals surface area (Å²) in [5.41, 5.74) is 1.58. The summed E-state index contributed by atoms with van der Waals surface area (Å²) in [6.07, 6.45) is 5.51. The van der Waals surface area contributed by atoms with Crippen molar-refractivity contribution in [1.82, 2.24) is 5.32 Å². The van der Waals surface area contributed by atoms with Crippen LogP contribution in [0.2, 0.25) is 0 Å². The molecular formula is C15H18N2O. The molecule has 0 heterocycles. The molecule has 1 N–H and O–H groups in total. The van der Waals surface area contributed by atoms with Gasteiger partial charge in [-0.1, -0.05) is 31.4 Å². The molecule has 1 amide bonds. The van der Waals surface area contributed by atoms with Gasteiger partial charge in [-0.05, 0) is 30.0 Å². The van der Waals surface area contributed by atoms with Gasteiger partial charge in [-0.3, -0.25) is 4.79 Å². The molecule has 1 aromatic rings. The van der Waals surface area contributed by atoms with Crippen molar-refractivity contribution < 1.29 is 4.79 Å². The van der Waals surface area contributed by atoms with Gasteiger partial charge >= 0.3 is 0 Å². The first-order valence-electron chi connectivity index (χ1n) is 6.53. The van der Waals surface area contributed by atoms with Crippen LogP contribution in [0.1, 0.15) is 36.8 Å². The lowest BCUT2D eigenvalue weighted by Gasteiger charge is -2.25. The molecule has 0 bridgehead atoms. The van der Waals surface area contributed by atoms with Gasteiger partial charge in [0.05, 0.1) is 18.1 Å². The van der Waals surface area contributed by atoms with E-state index < -0.39 is 0 Å². The number of carbonyl (C=O) groups is 1. The highest BCUT2D eigenvalue weighted by Gasteiger charge is 2.16. The first kappa shape index (κ1) is 12.6. The summed E-state index contributed by atoms with van der Waals surface area (Å²) in [6.45, 7) is 0.791. The lowest BCUT2D eigenvalue weighted by atomic mass is 9.83. The maximum atomic E-state index is 11.7. The van der Waals surface area contributed by atoms with Gasteiger partial charge in [0.2, 0.25) is 5.91 Å². The fourth-order valence-corrected chi connectivity index (χ4v) is 2.14. The van der Waals surface area contributed by atoms with Gasteiger partial charge in [-0.15, -0.1) is 0 Å². The number of carbonyl (C=O) groups excluding carboxylic acids is 1. The zero-order chi connectivity index (χ0) is 12.8. The number of amides is 1. The van der Waals surface area contributed by atoms with Gasteiger partial charge < -0.3 is 5.32 Å². The second-order valence-electron chi connectivity index (χ2n) is 4.92. The third-order valence-electron chi connectivity index (χ3n) is 3.55. The van der Waals surface area contributed by atoms with Gasteiger partial charge in [-0.2, -0.15) is 5.26 Å². The van der Waals surface area contributed by atoms with Crippen LogP contribution in [0.15, 0.2) is 24.3 Å². The standard InChI is InChI=1S/C15H18N2O/c16-11-14-6-4-13(5-7-14)10-15(18)17-9-8-12-2-1-3-12/h4-7,12H,1-3,8-10H2,(H,17,18). The van der Waals surface area contributed by atoms with Crippen molar-refractivity contribution in [3.05, 3.63) is 35.4 Å². The smallest absolute Gasteiger partial charge is 0.224 e. The van der Waals surface area contributed by atoms with E-state index in [4.69, 9.17) is 5.26 Å². The molecule has 3 heteroatoms. The highest BCUT2D eigenvalue weighted by atomic mass is 16.1. The molecule has 1 saturated carbocycles. The SMILES string of the molecule is N#Cc1ccc(CC(=O)NCCC2CCC2)cc1. The van der Waals surface area contributed by atoms with Crippen molar-refractivity contribution in [2.24, 2.45) is 5.92 Å². The van der Waals surface area contributed by atoms with Crippen molar-refractivity contribution in [2.45, 2.75) is 32.1 Å². The number of nitriles is 1. The van der Waals surface area contributed by atoms with E-state index in [-0.39, 0.29) is 5.91 Å². The van der Waals surface area contributed by atoms with Crippen molar-refractivity contribution in [2.75, 3.05) is 6.54 Å². The van der Waals surface area contributed by atoms with E-state index in [1.165, 1.54) is 19.3 Å². The first-order valence-corrected chi connectivity index (χ1v) is 6.53. The lowest BCUT2D eigenvalue weighted by molar-refractivity contribution is -0.120. The molecule has 0 unspecified atom stereocenters. The van der Waals surface area contributed by atoms with E-state index in [0.29, 0.717) is 12.0 Å². The van der Waals surface area contributed by atoms with Crippen LogP contribution in [-0.4, -0.2) is 12.5 Å². The number of benzene rings is 1. The highest BCUT2D eigenvalue weighted by molar-refractivity contribution is 5.78. The largest absolute Gasteiger partial charge is 0.356 e. The summed E-state index contributed by atoms with van der Waals surface area (Å²) < 4.78 is 0.